The topological polar surface area (TPSA) is 37.8 Å². The van der Waals surface area contributed by atoms with Gasteiger partial charge in [-0.1, -0.05) is 18.2 Å². The molecule has 0 unspecified atom stereocenters. The van der Waals surface area contributed by atoms with Crippen molar-refractivity contribution in [3.63, 3.8) is 0 Å². The second-order valence-corrected chi connectivity index (χ2v) is 4.80. The van der Waals surface area contributed by atoms with Crippen LogP contribution in [0.3, 0.4) is 0 Å². The molecule has 88 valence electrons. The summed E-state index contributed by atoms with van der Waals surface area (Å²) in [4.78, 5) is 9.51. The van der Waals surface area contributed by atoms with Gasteiger partial charge in [-0.3, -0.25) is 0 Å². The van der Waals surface area contributed by atoms with Gasteiger partial charge in [0.05, 0.1) is 0 Å². The fourth-order valence-corrected chi connectivity index (χ4v) is 2.21. The summed E-state index contributed by atoms with van der Waals surface area (Å²) in [6.07, 6.45) is 1.59. The zero-order valence-corrected chi connectivity index (χ0v) is 10.6. The van der Waals surface area contributed by atoms with Crippen molar-refractivity contribution < 1.29 is 0 Å². The highest BCUT2D eigenvalue weighted by Crippen LogP contribution is 2.16. The maximum absolute atomic E-state index is 4.15. The van der Waals surface area contributed by atoms with Gasteiger partial charge in [0.25, 0.3) is 0 Å². The predicted molar refractivity (Wildman–Crippen MR) is 72.4 cm³/mol. The third kappa shape index (κ3) is 4.07. The smallest absolute Gasteiger partial charge is 0.129 e. The molecular formula is C13H15N3S. The minimum absolute atomic E-state index is 0.895. The lowest BCUT2D eigenvalue weighted by atomic mass is 10.4. The van der Waals surface area contributed by atoms with E-state index in [2.05, 4.69) is 39.6 Å². The SMILES string of the molecule is Cc1cc(NCCSc2ccccc2)ncn1. The summed E-state index contributed by atoms with van der Waals surface area (Å²) >= 11 is 1.84. The van der Waals surface area contributed by atoms with Gasteiger partial charge in [0.2, 0.25) is 0 Å². The van der Waals surface area contributed by atoms with Crippen molar-refractivity contribution in [2.75, 3.05) is 17.6 Å². The molecule has 0 aliphatic heterocycles. The van der Waals surface area contributed by atoms with Crippen molar-refractivity contribution >= 4 is 17.6 Å². The zero-order chi connectivity index (χ0) is 11.9. The molecule has 0 amide bonds. The lowest BCUT2D eigenvalue weighted by molar-refractivity contribution is 1.07. The number of hydrogen-bond donors (Lipinski definition) is 1. The zero-order valence-electron chi connectivity index (χ0n) is 9.76. The number of thioether (sulfide) groups is 1. The summed E-state index contributed by atoms with van der Waals surface area (Å²) in [5.74, 6) is 1.92. The molecule has 0 spiro atoms. The summed E-state index contributed by atoms with van der Waals surface area (Å²) in [6.45, 7) is 2.86. The number of aryl methyl sites for hydroxylation is 1. The summed E-state index contributed by atoms with van der Waals surface area (Å²) < 4.78 is 0. The molecule has 1 N–H and O–H groups in total. The molecule has 0 fully saturated rings. The maximum Gasteiger partial charge on any atom is 0.129 e. The number of nitrogens with one attached hydrogen (secondary N) is 1. The Morgan fingerprint density at radius 2 is 2.00 bits per heavy atom. The molecule has 0 saturated heterocycles. The van der Waals surface area contributed by atoms with E-state index in [4.69, 9.17) is 0 Å². The molecule has 1 aromatic carbocycles. The quantitative estimate of drug-likeness (QED) is 0.649. The van der Waals surface area contributed by atoms with Gasteiger partial charge in [-0.15, -0.1) is 11.8 Å². The minimum atomic E-state index is 0.895. The van der Waals surface area contributed by atoms with E-state index in [0.717, 1.165) is 23.8 Å². The third-order valence-electron chi connectivity index (χ3n) is 2.22. The largest absolute Gasteiger partial charge is 0.369 e. The lowest BCUT2D eigenvalue weighted by Gasteiger charge is -2.05. The highest BCUT2D eigenvalue weighted by molar-refractivity contribution is 7.99. The van der Waals surface area contributed by atoms with Gasteiger partial charge in [0.1, 0.15) is 12.1 Å². The molecule has 1 aromatic heterocycles. The summed E-state index contributed by atoms with van der Waals surface area (Å²) in [7, 11) is 0. The van der Waals surface area contributed by atoms with Crippen LogP contribution < -0.4 is 5.32 Å². The van der Waals surface area contributed by atoms with Gasteiger partial charge >= 0.3 is 0 Å². The normalized spacial score (nSPS) is 10.2. The Morgan fingerprint density at radius 3 is 2.76 bits per heavy atom. The van der Waals surface area contributed by atoms with Crippen molar-refractivity contribution in [2.24, 2.45) is 0 Å². The first-order valence-electron chi connectivity index (χ1n) is 5.55. The van der Waals surface area contributed by atoms with E-state index < -0.39 is 0 Å². The highest BCUT2D eigenvalue weighted by Gasteiger charge is 1.95. The maximum atomic E-state index is 4.15. The minimum Gasteiger partial charge on any atom is -0.369 e. The van der Waals surface area contributed by atoms with Crippen molar-refractivity contribution in [1.29, 1.82) is 0 Å². The van der Waals surface area contributed by atoms with Gasteiger partial charge in [-0.2, -0.15) is 0 Å². The van der Waals surface area contributed by atoms with Gasteiger partial charge in [-0.25, -0.2) is 9.97 Å². The number of nitrogens with zero attached hydrogens (tertiary/aromatic N) is 2. The number of benzene rings is 1. The molecule has 0 aliphatic carbocycles. The van der Waals surface area contributed by atoms with Crippen LogP contribution in [0, 0.1) is 6.92 Å². The fourth-order valence-electron chi connectivity index (χ4n) is 1.42. The van der Waals surface area contributed by atoms with E-state index in [1.165, 1.54) is 4.90 Å². The molecule has 1 heterocycles. The first-order chi connectivity index (χ1) is 8.34. The van der Waals surface area contributed by atoms with Crippen molar-refractivity contribution in [3.05, 3.63) is 48.4 Å². The van der Waals surface area contributed by atoms with Crippen molar-refractivity contribution in [2.45, 2.75) is 11.8 Å². The first-order valence-corrected chi connectivity index (χ1v) is 6.53. The lowest BCUT2D eigenvalue weighted by Crippen LogP contribution is -2.05. The Morgan fingerprint density at radius 1 is 1.18 bits per heavy atom. The van der Waals surface area contributed by atoms with Crippen LogP contribution in [0.15, 0.2) is 47.6 Å². The van der Waals surface area contributed by atoms with E-state index in [1.54, 1.807) is 6.33 Å². The molecular weight excluding hydrogens is 230 g/mol. The molecule has 0 radical (unpaired) electrons. The Hall–Kier alpha value is -1.55. The Labute approximate surface area is 106 Å². The van der Waals surface area contributed by atoms with Crippen LogP contribution in [0.4, 0.5) is 5.82 Å². The first kappa shape index (κ1) is 11.9. The van der Waals surface area contributed by atoms with Crippen LogP contribution in [0.25, 0.3) is 0 Å². The van der Waals surface area contributed by atoms with E-state index in [1.807, 2.05) is 30.8 Å². The van der Waals surface area contributed by atoms with Crippen LogP contribution in [0.5, 0.6) is 0 Å². The van der Waals surface area contributed by atoms with Crippen molar-refractivity contribution in [1.82, 2.24) is 9.97 Å². The molecule has 4 heteroatoms. The predicted octanol–water partition coefficient (Wildman–Crippen LogP) is 2.99. The van der Waals surface area contributed by atoms with Gasteiger partial charge in [-0.05, 0) is 19.1 Å². The highest BCUT2D eigenvalue weighted by atomic mass is 32.2. The van der Waals surface area contributed by atoms with E-state index in [-0.39, 0.29) is 0 Å². The fraction of sp³-hybridized carbons (Fsp3) is 0.231. The molecule has 17 heavy (non-hydrogen) atoms. The van der Waals surface area contributed by atoms with Gasteiger partial charge < -0.3 is 5.32 Å². The van der Waals surface area contributed by atoms with Crippen LogP contribution in [0.1, 0.15) is 5.69 Å². The van der Waals surface area contributed by atoms with Crippen LogP contribution in [-0.2, 0) is 0 Å². The Bertz CT molecular complexity index is 459. The summed E-state index contributed by atoms with van der Waals surface area (Å²) in [6, 6.07) is 12.4. The van der Waals surface area contributed by atoms with Crippen LogP contribution in [0.2, 0.25) is 0 Å². The second kappa shape index (κ2) is 6.25. The van der Waals surface area contributed by atoms with Gasteiger partial charge in [0, 0.05) is 29.0 Å². The molecule has 0 saturated carbocycles. The Balaban J connectivity index is 1.73. The molecule has 0 bridgehead atoms. The molecule has 0 atom stereocenters. The third-order valence-corrected chi connectivity index (χ3v) is 3.24. The van der Waals surface area contributed by atoms with Gasteiger partial charge in [0.15, 0.2) is 0 Å². The van der Waals surface area contributed by atoms with Crippen molar-refractivity contribution in [3.8, 4) is 0 Å². The molecule has 2 rings (SSSR count). The molecule has 0 aliphatic rings. The average Bonchev–Trinajstić information content (AvgIpc) is 2.36. The van der Waals surface area contributed by atoms with E-state index in [0.29, 0.717) is 0 Å². The van der Waals surface area contributed by atoms with E-state index >= 15 is 0 Å². The monoisotopic (exact) mass is 245 g/mol. The second-order valence-electron chi connectivity index (χ2n) is 3.63. The van der Waals surface area contributed by atoms with E-state index in [9.17, 15) is 0 Å². The number of hydrogen-bond acceptors (Lipinski definition) is 4. The number of aromatic nitrogens is 2. The standard InChI is InChI=1S/C13H15N3S/c1-11-9-13(16-10-15-11)14-7-8-17-12-5-3-2-4-6-12/h2-6,9-10H,7-8H2,1H3,(H,14,15,16). The molecule has 3 nitrogen and oxygen atoms in total. The Kier molecular flexibility index (Phi) is 4.38. The molecule has 2 aromatic rings. The number of anilines is 1. The van der Waals surface area contributed by atoms with Crippen LogP contribution in [-0.4, -0.2) is 22.3 Å². The number of rotatable bonds is 5. The summed E-state index contributed by atoms with van der Waals surface area (Å²) in [5, 5.41) is 3.28. The average molecular weight is 245 g/mol. The summed E-state index contributed by atoms with van der Waals surface area (Å²) in [5.41, 5.74) is 0.984. The van der Waals surface area contributed by atoms with Crippen LogP contribution >= 0.6 is 11.8 Å².